The standard InChI is InChI=1S/C16H20FNOS/c1-5-18-16(14-8-13(19-4)9-20-14)15-10(2)6-12(17)7-11(15)3/h6-9,16,18H,5H2,1-4H3. The molecule has 1 N–H and O–H groups in total. The second-order valence-corrected chi connectivity index (χ2v) is 5.78. The molecule has 1 atom stereocenters. The van der Waals surface area contributed by atoms with E-state index in [2.05, 4.69) is 12.2 Å². The topological polar surface area (TPSA) is 21.3 Å². The number of hydrogen-bond donors (Lipinski definition) is 1. The van der Waals surface area contributed by atoms with Gasteiger partial charge >= 0.3 is 0 Å². The van der Waals surface area contributed by atoms with Crippen LogP contribution in [0.15, 0.2) is 23.6 Å². The number of hydrogen-bond acceptors (Lipinski definition) is 3. The molecule has 0 saturated carbocycles. The minimum atomic E-state index is -0.178. The molecule has 1 unspecified atom stereocenters. The number of aryl methyl sites for hydroxylation is 2. The SMILES string of the molecule is CCNC(c1cc(OC)cs1)c1c(C)cc(F)cc1C. The summed E-state index contributed by atoms with van der Waals surface area (Å²) in [5.74, 6) is 0.688. The van der Waals surface area contributed by atoms with Crippen LogP contribution in [-0.4, -0.2) is 13.7 Å². The molecule has 2 aromatic rings. The van der Waals surface area contributed by atoms with Gasteiger partial charge in [0.25, 0.3) is 0 Å². The van der Waals surface area contributed by atoms with E-state index >= 15 is 0 Å². The molecule has 0 aliphatic heterocycles. The number of ether oxygens (including phenoxy) is 1. The van der Waals surface area contributed by atoms with Crippen LogP contribution in [0.4, 0.5) is 4.39 Å². The smallest absolute Gasteiger partial charge is 0.129 e. The van der Waals surface area contributed by atoms with Gasteiger partial charge in [0.2, 0.25) is 0 Å². The molecule has 0 radical (unpaired) electrons. The second-order valence-electron chi connectivity index (χ2n) is 4.83. The molecule has 0 aliphatic carbocycles. The third-order valence-corrected chi connectivity index (χ3v) is 4.35. The largest absolute Gasteiger partial charge is 0.496 e. The summed E-state index contributed by atoms with van der Waals surface area (Å²) in [5, 5.41) is 5.48. The Balaban J connectivity index is 2.48. The molecule has 0 fully saturated rings. The van der Waals surface area contributed by atoms with Gasteiger partial charge in [0.1, 0.15) is 11.6 Å². The van der Waals surface area contributed by atoms with Crippen LogP contribution in [-0.2, 0) is 0 Å². The molecule has 0 saturated heterocycles. The molecule has 1 aromatic carbocycles. The third kappa shape index (κ3) is 3.02. The van der Waals surface area contributed by atoms with Crippen LogP contribution >= 0.6 is 11.3 Å². The lowest BCUT2D eigenvalue weighted by molar-refractivity contribution is 0.416. The van der Waals surface area contributed by atoms with Crippen molar-refractivity contribution in [2.24, 2.45) is 0 Å². The minimum absolute atomic E-state index is 0.0782. The van der Waals surface area contributed by atoms with E-state index in [0.717, 1.165) is 29.0 Å². The predicted octanol–water partition coefficient (Wildman–Crippen LogP) is 4.21. The van der Waals surface area contributed by atoms with Crippen molar-refractivity contribution in [3.63, 3.8) is 0 Å². The maximum Gasteiger partial charge on any atom is 0.129 e. The van der Waals surface area contributed by atoms with Crippen molar-refractivity contribution >= 4 is 11.3 Å². The molecule has 4 heteroatoms. The number of benzene rings is 1. The predicted molar refractivity (Wildman–Crippen MR) is 82.3 cm³/mol. The Morgan fingerprint density at radius 1 is 1.25 bits per heavy atom. The fraction of sp³-hybridized carbons (Fsp3) is 0.375. The van der Waals surface area contributed by atoms with Crippen molar-refractivity contribution in [2.75, 3.05) is 13.7 Å². The first-order valence-electron chi connectivity index (χ1n) is 6.69. The van der Waals surface area contributed by atoms with E-state index in [4.69, 9.17) is 4.74 Å². The summed E-state index contributed by atoms with van der Waals surface area (Å²) < 4.78 is 18.7. The Morgan fingerprint density at radius 3 is 2.40 bits per heavy atom. The summed E-state index contributed by atoms with van der Waals surface area (Å²) in [6.07, 6.45) is 0. The van der Waals surface area contributed by atoms with Gasteiger partial charge in [0.05, 0.1) is 13.2 Å². The molecule has 108 valence electrons. The van der Waals surface area contributed by atoms with E-state index in [1.165, 1.54) is 4.88 Å². The van der Waals surface area contributed by atoms with Gasteiger partial charge in [-0.3, -0.25) is 0 Å². The normalized spacial score (nSPS) is 12.4. The lowest BCUT2D eigenvalue weighted by Crippen LogP contribution is -2.23. The van der Waals surface area contributed by atoms with Crippen molar-refractivity contribution < 1.29 is 9.13 Å². The van der Waals surface area contributed by atoms with Gasteiger partial charge in [-0.1, -0.05) is 6.92 Å². The van der Waals surface area contributed by atoms with Gasteiger partial charge in [-0.05, 0) is 55.3 Å². The molecule has 0 amide bonds. The number of methoxy groups -OCH3 is 1. The Hall–Kier alpha value is -1.39. The van der Waals surface area contributed by atoms with Gasteiger partial charge < -0.3 is 10.1 Å². The van der Waals surface area contributed by atoms with Crippen molar-refractivity contribution in [1.29, 1.82) is 0 Å². The Morgan fingerprint density at radius 2 is 1.90 bits per heavy atom. The van der Waals surface area contributed by atoms with Crippen LogP contribution in [0.3, 0.4) is 0 Å². The van der Waals surface area contributed by atoms with Gasteiger partial charge in [0.15, 0.2) is 0 Å². The first-order chi connectivity index (χ1) is 9.56. The average molecular weight is 293 g/mol. The maximum atomic E-state index is 13.5. The van der Waals surface area contributed by atoms with Crippen LogP contribution in [0.1, 0.15) is 34.5 Å². The Labute approximate surface area is 123 Å². The highest BCUT2D eigenvalue weighted by atomic mass is 32.1. The molecule has 0 aliphatic rings. The number of rotatable bonds is 5. The first kappa shape index (κ1) is 15.0. The van der Waals surface area contributed by atoms with Crippen LogP contribution < -0.4 is 10.1 Å². The average Bonchev–Trinajstić information content (AvgIpc) is 2.85. The van der Waals surface area contributed by atoms with E-state index in [1.807, 2.05) is 25.3 Å². The van der Waals surface area contributed by atoms with E-state index in [9.17, 15) is 4.39 Å². The summed E-state index contributed by atoms with van der Waals surface area (Å²) in [4.78, 5) is 1.18. The van der Waals surface area contributed by atoms with E-state index in [0.29, 0.717) is 0 Å². The molecule has 0 spiro atoms. The molecular formula is C16H20FNOS. The highest BCUT2D eigenvalue weighted by molar-refractivity contribution is 7.10. The fourth-order valence-corrected chi connectivity index (χ4v) is 3.46. The van der Waals surface area contributed by atoms with Crippen molar-refractivity contribution in [1.82, 2.24) is 5.32 Å². The molecule has 0 bridgehead atoms. The van der Waals surface area contributed by atoms with E-state index in [1.54, 1.807) is 30.6 Å². The number of thiophene rings is 1. The lowest BCUT2D eigenvalue weighted by atomic mass is 9.94. The molecule has 1 aromatic heterocycles. The quantitative estimate of drug-likeness (QED) is 0.891. The third-order valence-electron chi connectivity index (χ3n) is 3.37. The summed E-state index contributed by atoms with van der Waals surface area (Å²) >= 11 is 1.66. The summed E-state index contributed by atoms with van der Waals surface area (Å²) in [6.45, 7) is 6.84. The van der Waals surface area contributed by atoms with Crippen molar-refractivity contribution in [2.45, 2.75) is 26.8 Å². The van der Waals surface area contributed by atoms with E-state index in [-0.39, 0.29) is 11.9 Å². The highest BCUT2D eigenvalue weighted by Gasteiger charge is 2.20. The second kappa shape index (κ2) is 6.37. The summed E-state index contributed by atoms with van der Waals surface area (Å²) in [5.41, 5.74) is 3.10. The van der Waals surface area contributed by atoms with Gasteiger partial charge in [-0.25, -0.2) is 4.39 Å². The molecular weight excluding hydrogens is 273 g/mol. The summed E-state index contributed by atoms with van der Waals surface area (Å²) in [7, 11) is 1.67. The van der Waals surface area contributed by atoms with Crippen LogP contribution in [0.5, 0.6) is 5.75 Å². The van der Waals surface area contributed by atoms with Gasteiger partial charge in [0, 0.05) is 10.3 Å². The van der Waals surface area contributed by atoms with Crippen LogP contribution in [0, 0.1) is 19.7 Å². The molecule has 1 heterocycles. The molecule has 20 heavy (non-hydrogen) atoms. The van der Waals surface area contributed by atoms with Crippen LogP contribution in [0.2, 0.25) is 0 Å². The first-order valence-corrected chi connectivity index (χ1v) is 7.57. The molecule has 2 nitrogen and oxygen atoms in total. The lowest BCUT2D eigenvalue weighted by Gasteiger charge is -2.21. The number of nitrogens with one attached hydrogen (secondary N) is 1. The number of halogens is 1. The van der Waals surface area contributed by atoms with Gasteiger partial charge in [-0.2, -0.15) is 0 Å². The zero-order chi connectivity index (χ0) is 14.7. The molecule has 2 rings (SSSR count). The van der Waals surface area contributed by atoms with Crippen LogP contribution in [0.25, 0.3) is 0 Å². The zero-order valence-electron chi connectivity index (χ0n) is 12.3. The maximum absolute atomic E-state index is 13.5. The Kier molecular flexibility index (Phi) is 4.78. The zero-order valence-corrected chi connectivity index (χ0v) is 13.1. The van der Waals surface area contributed by atoms with Gasteiger partial charge in [-0.15, -0.1) is 11.3 Å². The Bertz CT molecular complexity index is 571. The van der Waals surface area contributed by atoms with Crippen molar-refractivity contribution in [3.8, 4) is 5.75 Å². The minimum Gasteiger partial charge on any atom is -0.496 e. The summed E-state index contributed by atoms with van der Waals surface area (Å²) in [6, 6.07) is 5.31. The van der Waals surface area contributed by atoms with E-state index < -0.39 is 0 Å². The van der Waals surface area contributed by atoms with Crippen molar-refractivity contribution in [3.05, 3.63) is 51.0 Å². The monoisotopic (exact) mass is 293 g/mol. The highest BCUT2D eigenvalue weighted by Crippen LogP contribution is 2.34. The fourth-order valence-electron chi connectivity index (χ4n) is 2.52.